The number of ether oxygens (including phenoxy) is 1. The highest BCUT2D eigenvalue weighted by molar-refractivity contribution is 5.94. The molecule has 1 fully saturated rings. The number of halogens is 3. The summed E-state index contributed by atoms with van der Waals surface area (Å²) in [5, 5.41) is 11.7. The SMILES string of the molecule is O=C(NC1CC(O)C1)c1ccc(OC(F)(F)F)cc1. The zero-order valence-electron chi connectivity index (χ0n) is 9.78. The van der Waals surface area contributed by atoms with E-state index in [-0.39, 0.29) is 29.4 Å². The van der Waals surface area contributed by atoms with Crippen LogP contribution in [0.4, 0.5) is 13.2 Å². The van der Waals surface area contributed by atoms with Gasteiger partial charge in [-0.3, -0.25) is 4.79 Å². The highest BCUT2D eigenvalue weighted by Crippen LogP contribution is 2.23. The van der Waals surface area contributed by atoms with Gasteiger partial charge in [-0.2, -0.15) is 0 Å². The van der Waals surface area contributed by atoms with E-state index in [2.05, 4.69) is 10.1 Å². The van der Waals surface area contributed by atoms with Crippen LogP contribution in [0.2, 0.25) is 0 Å². The molecular formula is C12H12F3NO3. The van der Waals surface area contributed by atoms with Crippen molar-refractivity contribution < 1.29 is 27.8 Å². The molecular weight excluding hydrogens is 263 g/mol. The summed E-state index contributed by atoms with van der Waals surface area (Å²) in [4.78, 5) is 11.7. The number of hydrogen-bond acceptors (Lipinski definition) is 3. The molecule has 0 aliphatic heterocycles. The number of benzene rings is 1. The third-order valence-electron chi connectivity index (χ3n) is 2.80. The van der Waals surface area contributed by atoms with Gasteiger partial charge in [-0.05, 0) is 37.1 Å². The Bertz CT molecular complexity index is 452. The summed E-state index contributed by atoms with van der Waals surface area (Å²) in [6, 6.07) is 4.60. The van der Waals surface area contributed by atoms with Crippen molar-refractivity contribution in [2.45, 2.75) is 31.3 Å². The first kappa shape index (κ1) is 13.7. The van der Waals surface area contributed by atoms with Crippen LogP contribution < -0.4 is 10.1 Å². The third kappa shape index (κ3) is 3.85. The molecule has 7 heteroatoms. The molecule has 2 N–H and O–H groups in total. The number of rotatable bonds is 3. The van der Waals surface area contributed by atoms with Gasteiger partial charge in [0.05, 0.1) is 6.10 Å². The van der Waals surface area contributed by atoms with E-state index in [0.29, 0.717) is 12.8 Å². The number of amides is 1. The molecule has 1 aliphatic rings. The minimum atomic E-state index is -4.74. The van der Waals surface area contributed by atoms with Crippen LogP contribution in [0.25, 0.3) is 0 Å². The zero-order valence-corrected chi connectivity index (χ0v) is 9.78. The molecule has 19 heavy (non-hydrogen) atoms. The van der Waals surface area contributed by atoms with Crippen molar-refractivity contribution in [1.82, 2.24) is 5.32 Å². The van der Waals surface area contributed by atoms with Crippen molar-refractivity contribution in [3.63, 3.8) is 0 Å². The van der Waals surface area contributed by atoms with Crippen molar-refractivity contribution in [1.29, 1.82) is 0 Å². The number of alkyl halides is 3. The van der Waals surface area contributed by atoms with Gasteiger partial charge in [-0.15, -0.1) is 13.2 Å². The summed E-state index contributed by atoms with van der Waals surface area (Å²) in [5.74, 6) is -0.751. The van der Waals surface area contributed by atoms with Gasteiger partial charge in [0.2, 0.25) is 0 Å². The molecule has 1 aliphatic carbocycles. The average molecular weight is 275 g/mol. The largest absolute Gasteiger partial charge is 0.573 e. The van der Waals surface area contributed by atoms with Crippen LogP contribution in [0.5, 0.6) is 5.75 Å². The molecule has 2 rings (SSSR count). The Morgan fingerprint density at radius 3 is 2.32 bits per heavy atom. The number of hydrogen-bond donors (Lipinski definition) is 2. The van der Waals surface area contributed by atoms with E-state index in [1.807, 2.05) is 0 Å². The lowest BCUT2D eigenvalue weighted by Gasteiger charge is -2.31. The summed E-state index contributed by atoms with van der Waals surface area (Å²) < 4.78 is 39.5. The minimum absolute atomic E-state index is 0.0754. The van der Waals surface area contributed by atoms with Crippen LogP contribution in [-0.4, -0.2) is 29.5 Å². The van der Waals surface area contributed by atoms with Crippen LogP contribution in [0.3, 0.4) is 0 Å². The van der Waals surface area contributed by atoms with Crippen molar-refractivity contribution in [3.8, 4) is 5.75 Å². The first-order valence-electron chi connectivity index (χ1n) is 5.68. The van der Waals surface area contributed by atoms with E-state index >= 15 is 0 Å². The van der Waals surface area contributed by atoms with Gasteiger partial charge in [-0.1, -0.05) is 0 Å². The maximum absolute atomic E-state index is 11.9. The molecule has 1 saturated carbocycles. The second-order valence-corrected chi connectivity index (χ2v) is 4.37. The predicted molar refractivity (Wildman–Crippen MR) is 59.6 cm³/mol. The Morgan fingerprint density at radius 1 is 1.26 bits per heavy atom. The molecule has 0 radical (unpaired) electrons. The van der Waals surface area contributed by atoms with Gasteiger partial charge in [-0.25, -0.2) is 0 Å². The molecule has 4 nitrogen and oxygen atoms in total. The number of nitrogens with one attached hydrogen (secondary N) is 1. The second kappa shape index (κ2) is 5.08. The van der Waals surface area contributed by atoms with E-state index in [1.54, 1.807) is 0 Å². The second-order valence-electron chi connectivity index (χ2n) is 4.37. The molecule has 0 bridgehead atoms. The summed E-state index contributed by atoms with van der Waals surface area (Å²) in [6.07, 6.45) is -4.12. The molecule has 1 amide bonds. The van der Waals surface area contributed by atoms with Crippen LogP contribution in [0.15, 0.2) is 24.3 Å². The first-order valence-corrected chi connectivity index (χ1v) is 5.68. The zero-order chi connectivity index (χ0) is 14.0. The van der Waals surface area contributed by atoms with Gasteiger partial charge in [0.1, 0.15) is 5.75 Å². The highest BCUT2D eigenvalue weighted by atomic mass is 19.4. The summed E-state index contributed by atoms with van der Waals surface area (Å²) >= 11 is 0. The smallest absolute Gasteiger partial charge is 0.406 e. The van der Waals surface area contributed by atoms with Gasteiger partial charge in [0.25, 0.3) is 5.91 Å². The van der Waals surface area contributed by atoms with Crippen molar-refractivity contribution in [2.24, 2.45) is 0 Å². The maximum atomic E-state index is 11.9. The number of aliphatic hydroxyl groups excluding tert-OH is 1. The van der Waals surface area contributed by atoms with E-state index in [9.17, 15) is 18.0 Å². The van der Waals surface area contributed by atoms with Crippen LogP contribution in [-0.2, 0) is 0 Å². The van der Waals surface area contributed by atoms with E-state index in [1.165, 1.54) is 12.1 Å². The number of carbonyl (C=O) groups is 1. The highest BCUT2D eigenvalue weighted by Gasteiger charge is 2.31. The van der Waals surface area contributed by atoms with E-state index < -0.39 is 6.36 Å². The van der Waals surface area contributed by atoms with Crippen molar-refractivity contribution in [2.75, 3.05) is 0 Å². The normalized spacial score (nSPS) is 22.5. The van der Waals surface area contributed by atoms with Crippen LogP contribution >= 0.6 is 0 Å². The third-order valence-corrected chi connectivity index (χ3v) is 2.80. The summed E-state index contributed by atoms with van der Waals surface area (Å²) in [5.41, 5.74) is 0.246. The lowest BCUT2D eigenvalue weighted by molar-refractivity contribution is -0.274. The molecule has 0 heterocycles. The Morgan fingerprint density at radius 2 is 1.84 bits per heavy atom. The molecule has 0 atom stereocenters. The van der Waals surface area contributed by atoms with E-state index in [4.69, 9.17) is 5.11 Å². The summed E-state index contributed by atoms with van der Waals surface area (Å²) in [6.45, 7) is 0. The molecule has 104 valence electrons. The maximum Gasteiger partial charge on any atom is 0.573 e. The molecule has 0 aromatic heterocycles. The van der Waals surface area contributed by atoms with Crippen molar-refractivity contribution >= 4 is 5.91 Å². The molecule has 0 spiro atoms. The number of aliphatic hydroxyl groups is 1. The Balaban J connectivity index is 1.92. The van der Waals surface area contributed by atoms with Gasteiger partial charge in [0, 0.05) is 11.6 Å². The van der Waals surface area contributed by atoms with E-state index in [0.717, 1.165) is 12.1 Å². The Kier molecular flexibility index (Phi) is 3.66. The fourth-order valence-corrected chi connectivity index (χ4v) is 1.78. The lowest BCUT2D eigenvalue weighted by Crippen LogP contribution is -2.46. The summed E-state index contributed by atoms with van der Waals surface area (Å²) in [7, 11) is 0. The van der Waals surface area contributed by atoms with Crippen molar-refractivity contribution in [3.05, 3.63) is 29.8 Å². The fourth-order valence-electron chi connectivity index (χ4n) is 1.78. The lowest BCUT2D eigenvalue weighted by atomic mass is 9.89. The van der Waals surface area contributed by atoms with Crippen LogP contribution in [0.1, 0.15) is 23.2 Å². The topological polar surface area (TPSA) is 58.6 Å². The predicted octanol–water partition coefficient (Wildman–Crippen LogP) is 1.84. The van der Waals surface area contributed by atoms with Gasteiger partial charge in [0.15, 0.2) is 0 Å². The average Bonchev–Trinajstić information content (AvgIpc) is 2.25. The van der Waals surface area contributed by atoms with Gasteiger partial charge >= 0.3 is 6.36 Å². The Labute approximate surface area is 107 Å². The van der Waals surface area contributed by atoms with Gasteiger partial charge < -0.3 is 15.2 Å². The fraction of sp³-hybridized carbons (Fsp3) is 0.417. The molecule has 1 aromatic carbocycles. The standard InChI is InChI=1S/C12H12F3NO3/c13-12(14,15)19-10-3-1-7(2-4-10)11(18)16-8-5-9(17)6-8/h1-4,8-9,17H,5-6H2,(H,16,18). The Hall–Kier alpha value is -1.76. The molecule has 1 aromatic rings. The molecule has 0 saturated heterocycles. The first-order chi connectivity index (χ1) is 8.83. The quantitative estimate of drug-likeness (QED) is 0.885. The number of carbonyl (C=O) groups excluding carboxylic acids is 1. The van der Waals surface area contributed by atoms with Crippen LogP contribution in [0, 0.1) is 0 Å². The molecule has 0 unspecified atom stereocenters. The minimum Gasteiger partial charge on any atom is -0.406 e. The monoisotopic (exact) mass is 275 g/mol.